The van der Waals surface area contributed by atoms with Crippen LogP contribution in [0.25, 0.3) is 6.08 Å². The van der Waals surface area contributed by atoms with Gasteiger partial charge in [0.25, 0.3) is 5.91 Å². The summed E-state index contributed by atoms with van der Waals surface area (Å²) in [7, 11) is 0. The van der Waals surface area contributed by atoms with Crippen molar-refractivity contribution in [3.05, 3.63) is 70.8 Å². The Bertz CT molecular complexity index is 767. The Morgan fingerprint density at radius 3 is 2.44 bits per heavy atom. The number of carbonyl (C=O) groups excluding carboxylic acids is 2. The molecular formula is C20H20ClNO3. The predicted molar refractivity (Wildman–Crippen MR) is 101 cm³/mol. The lowest BCUT2D eigenvalue weighted by atomic mass is 10.0. The average molecular weight is 358 g/mol. The molecular weight excluding hydrogens is 338 g/mol. The van der Waals surface area contributed by atoms with Gasteiger partial charge >= 0.3 is 5.97 Å². The summed E-state index contributed by atoms with van der Waals surface area (Å²) in [4.78, 5) is 23.5. The monoisotopic (exact) mass is 357 g/mol. The zero-order valence-electron chi connectivity index (χ0n) is 14.2. The first-order chi connectivity index (χ1) is 12.0. The van der Waals surface area contributed by atoms with E-state index in [0.29, 0.717) is 22.2 Å². The van der Waals surface area contributed by atoms with Gasteiger partial charge in [0.1, 0.15) is 0 Å². The van der Waals surface area contributed by atoms with Crippen LogP contribution < -0.4 is 5.32 Å². The second-order valence-electron chi connectivity index (χ2n) is 5.79. The van der Waals surface area contributed by atoms with Crippen molar-refractivity contribution in [2.75, 3.05) is 11.9 Å². The number of esters is 1. The number of nitrogens with one attached hydrogen (secondary N) is 1. The van der Waals surface area contributed by atoms with Crippen molar-refractivity contribution >= 4 is 35.2 Å². The minimum atomic E-state index is -0.606. The summed E-state index contributed by atoms with van der Waals surface area (Å²) >= 11 is 5.99. The molecule has 2 aromatic rings. The maximum atomic E-state index is 11.8. The van der Waals surface area contributed by atoms with Crippen molar-refractivity contribution in [1.82, 2.24) is 0 Å². The summed E-state index contributed by atoms with van der Waals surface area (Å²) in [6, 6.07) is 14.7. The van der Waals surface area contributed by atoms with Crippen LogP contribution in [0.3, 0.4) is 0 Å². The van der Waals surface area contributed by atoms with Gasteiger partial charge in [0.05, 0.1) is 0 Å². The molecule has 2 aromatic carbocycles. The molecule has 25 heavy (non-hydrogen) atoms. The van der Waals surface area contributed by atoms with E-state index in [0.717, 1.165) is 0 Å². The molecule has 0 atom stereocenters. The molecule has 0 aliphatic heterocycles. The van der Waals surface area contributed by atoms with Crippen LogP contribution in [0.15, 0.2) is 54.6 Å². The molecule has 0 bridgehead atoms. The van der Waals surface area contributed by atoms with Crippen LogP contribution in [0.5, 0.6) is 0 Å². The van der Waals surface area contributed by atoms with E-state index >= 15 is 0 Å². The van der Waals surface area contributed by atoms with Crippen molar-refractivity contribution in [3.8, 4) is 0 Å². The molecule has 0 heterocycles. The van der Waals surface area contributed by atoms with Crippen molar-refractivity contribution in [1.29, 1.82) is 0 Å². The molecule has 1 N–H and O–H groups in total. The highest BCUT2D eigenvalue weighted by atomic mass is 35.5. The van der Waals surface area contributed by atoms with Gasteiger partial charge < -0.3 is 10.1 Å². The zero-order valence-corrected chi connectivity index (χ0v) is 14.9. The molecule has 130 valence electrons. The molecule has 0 aromatic heterocycles. The fourth-order valence-electron chi connectivity index (χ4n) is 2.10. The Kier molecular flexibility index (Phi) is 6.78. The summed E-state index contributed by atoms with van der Waals surface area (Å²) in [5.41, 5.74) is 2.56. The molecule has 4 nitrogen and oxygen atoms in total. The third-order valence-corrected chi connectivity index (χ3v) is 3.86. The molecule has 0 spiro atoms. The lowest BCUT2D eigenvalue weighted by Crippen LogP contribution is -2.20. The van der Waals surface area contributed by atoms with Gasteiger partial charge in [-0.2, -0.15) is 0 Å². The third-order valence-electron chi connectivity index (χ3n) is 3.51. The first-order valence-corrected chi connectivity index (χ1v) is 8.32. The number of amides is 1. The minimum absolute atomic E-state index is 0.350. The normalized spacial score (nSPS) is 10.9. The molecule has 1 amide bonds. The van der Waals surface area contributed by atoms with E-state index in [2.05, 4.69) is 19.2 Å². The second kappa shape index (κ2) is 9.04. The van der Waals surface area contributed by atoms with E-state index in [-0.39, 0.29) is 6.61 Å². The van der Waals surface area contributed by atoms with Gasteiger partial charge in [0.15, 0.2) is 6.61 Å². The highest BCUT2D eigenvalue weighted by molar-refractivity contribution is 6.32. The fourth-order valence-corrected chi connectivity index (χ4v) is 2.30. The van der Waals surface area contributed by atoms with Crippen LogP contribution in [0.4, 0.5) is 5.69 Å². The zero-order chi connectivity index (χ0) is 18.2. The summed E-state index contributed by atoms with van der Waals surface area (Å²) in [5.74, 6) is -0.572. The molecule has 0 saturated carbocycles. The van der Waals surface area contributed by atoms with Crippen molar-refractivity contribution < 1.29 is 14.3 Å². The van der Waals surface area contributed by atoms with E-state index in [1.807, 2.05) is 30.3 Å². The number of halogens is 1. The molecule has 0 unspecified atom stereocenters. The lowest BCUT2D eigenvalue weighted by Gasteiger charge is -2.08. The van der Waals surface area contributed by atoms with Gasteiger partial charge in [-0.15, -0.1) is 0 Å². The maximum absolute atomic E-state index is 11.8. The Balaban J connectivity index is 1.81. The molecule has 0 aliphatic rings. The van der Waals surface area contributed by atoms with E-state index in [1.165, 1.54) is 11.6 Å². The molecule has 0 aliphatic carbocycles. The topological polar surface area (TPSA) is 55.4 Å². The SMILES string of the molecule is CC(C)c1ccc(NC(=O)COC(=O)C=Cc2ccccc2Cl)cc1. The number of benzene rings is 2. The van der Waals surface area contributed by atoms with E-state index in [9.17, 15) is 9.59 Å². The van der Waals surface area contributed by atoms with Crippen LogP contribution in [0.1, 0.15) is 30.9 Å². The van der Waals surface area contributed by atoms with Gasteiger partial charge in [0.2, 0.25) is 0 Å². The number of rotatable bonds is 6. The number of anilines is 1. The molecule has 0 fully saturated rings. The van der Waals surface area contributed by atoms with Crippen molar-refractivity contribution in [3.63, 3.8) is 0 Å². The first kappa shape index (κ1) is 18.7. The molecule has 0 saturated heterocycles. The summed E-state index contributed by atoms with van der Waals surface area (Å²) in [6.45, 7) is 3.85. The number of carbonyl (C=O) groups is 2. The summed E-state index contributed by atoms with van der Waals surface area (Å²) in [5, 5.41) is 3.22. The Morgan fingerprint density at radius 1 is 1.12 bits per heavy atom. The van der Waals surface area contributed by atoms with E-state index in [1.54, 1.807) is 24.3 Å². The van der Waals surface area contributed by atoms with Crippen LogP contribution in [0, 0.1) is 0 Å². The van der Waals surface area contributed by atoms with Crippen molar-refractivity contribution in [2.45, 2.75) is 19.8 Å². The number of hydrogen-bond donors (Lipinski definition) is 1. The van der Waals surface area contributed by atoms with E-state index < -0.39 is 11.9 Å². The summed E-state index contributed by atoms with van der Waals surface area (Å²) < 4.78 is 4.92. The van der Waals surface area contributed by atoms with Crippen LogP contribution in [-0.2, 0) is 14.3 Å². The third kappa shape index (κ3) is 6.08. The minimum Gasteiger partial charge on any atom is -0.452 e. The molecule has 2 rings (SSSR count). The van der Waals surface area contributed by atoms with Gasteiger partial charge in [-0.3, -0.25) is 4.79 Å². The maximum Gasteiger partial charge on any atom is 0.331 e. The van der Waals surface area contributed by atoms with Gasteiger partial charge in [-0.1, -0.05) is 55.8 Å². The first-order valence-electron chi connectivity index (χ1n) is 7.95. The van der Waals surface area contributed by atoms with Crippen LogP contribution in [-0.4, -0.2) is 18.5 Å². The van der Waals surface area contributed by atoms with Gasteiger partial charge in [0, 0.05) is 16.8 Å². The predicted octanol–water partition coefficient (Wildman–Crippen LogP) is 4.66. The smallest absolute Gasteiger partial charge is 0.331 e. The highest BCUT2D eigenvalue weighted by Crippen LogP contribution is 2.17. The van der Waals surface area contributed by atoms with Crippen molar-refractivity contribution in [2.24, 2.45) is 0 Å². The second-order valence-corrected chi connectivity index (χ2v) is 6.19. The standard InChI is InChI=1S/C20H20ClNO3/c1-14(2)15-7-10-17(11-8-15)22-19(23)13-25-20(24)12-9-16-5-3-4-6-18(16)21/h3-12,14H,13H2,1-2H3,(H,22,23). The quantitative estimate of drug-likeness (QED) is 0.604. The number of hydrogen-bond acceptors (Lipinski definition) is 3. The largest absolute Gasteiger partial charge is 0.452 e. The molecule has 5 heteroatoms. The Labute approximate surface area is 152 Å². The van der Waals surface area contributed by atoms with E-state index in [4.69, 9.17) is 16.3 Å². The average Bonchev–Trinajstić information content (AvgIpc) is 2.59. The Hall–Kier alpha value is -2.59. The molecule has 0 radical (unpaired) electrons. The Morgan fingerprint density at radius 2 is 1.80 bits per heavy atom. The number of ether oxygens (including phenoxy) is 1. The summed E-state index contributed by atoms with van der Waals surface area (Å²) in [6.07, 6.45) is 2.79. The van der Waals surface area contributed by atoms with Crippen LogP contribution in [0.2, 0.25) is 5.02 Å². The van der Waals surface area contributed by atoms with Gasteiger partial charge in [-0.05, 0) is 41.3 Å². The van der Waals surface area contributed by atoms with Crippen LogP contribution >= 0.6 is 11.6 Å². The highest BCUT2D eigenvalue weighted by Gasteiger charge is 2.06. The van der Waals surface area contributed by atoms with Gasteiger partial charge in [-0.25, -0.2) is 4.79 Å². The fraction of sp³-hybridized carbons (Fsp3) is 0.200. The lowest BCUT2D eigenvalue weighted by molar-refractivity contribution is -0.142.